The van der Waals surface area contributed by atoms with Crippen LogP contribution >= 0.6 is 11.6 Å². The molecule has 4 nitrogen and oxygen atoms in total. The molecule has 0 bridgehead atoms. The average molecular weight is 372 g/mol. The molecule has 1 N–H and O–H groups in total. The molecule has 1 fully saturated rings. The van der Waals surface area contributed by atoms with Gasteiger partial charge in [0.05, 0.1) is 11.6 Å². The number of alkyl halides is 4. The van der Waals surface area contributed by atoms with Crippen molar-refractivity contribution < 1.29 is 18.0 Å². The Hall–Kier alpha value is -1.99. The average Bonchev–Trinajstić information content (AvgIpc) is 3.00. The molecule has 0 aliphatic carbocycles. The monoisotopic (exact) mass is 371 g/mol. The van der Waals surface area contributed by atoms with Gasteiger partial charge in [-0.3, -0.25) is 9.69 Å². The maximum atomic E-state index is 12.6. The van der Waals surface area contributed by atoms with Crippen LogP contribution in [0.25, 0.3) is 5.69 Å². The van der Waals surface area contributed by atoms with E-state index < -0.39 is 11.7 Å². The largest absolute Gasteiger partial charge is 0.416 e. The molecule has 0 saturated carbocycles. The SMILES string of the molecule is O=C(CCl)NC1CN(Cc2ccn(-c3ccc(C(F)(F)F)cc3)c2)C1. The third kappa shape index (κ3) is 4.35. The second kappa shape index (κ2) is 7.09. The van der Waals surface area contributed by atoms with Crippen LogP contribution in [0.5, 0.6) is 0 Å². The van der Waals surface area contributed by atoms with E-state index in [-0.39, 0.29) is 17.8 Å². The zero-order valence-electron chi connectivity index (χ0n) is 13.3. The van der Waals surface area contributed by atoms with Crippen LogP contribution in [-0.4, -0.2) is 40.4 Å². The molecule has 1 aromatic carbocycles. The van der Waals surface area contributed by atoms with Gasteiger partial charge in [0.2, 0.25) is 5.91 Å². The molecule has 0 radical (unpaired) electrons. The Kier molecular flexibility index (Phi) is 5.06. The molecule has 1 aliphatic rings. The number of carbonyl (C=O) groups excluding carboxylic acids is 1. The number of hydrogen-bond donors (Lipinski definition) is 1. The van der Waals surface area contributed by atoms with E-state index in [1.54, 1.807) is 4.57 Å². The molecule has 8 heteroatoms. The van der Waals surface area contributed by atoms with Crippen LogP contribution in [0.15, 0.2) is 42.7 Å². The highest BCUT2D eigenvalue weighted by Gasteiger charge is 2.30. The van der Waals surface area contributed by atoms with Gasteiger partial charge in [0.25, 0.3) is 0 Å². The topological polar surface area (TPSA) is 37.3 Å². The summed E-state index contributed by atoms with van der Waals surface area (Å²) < 4.78 is 39.6. The normalized spacial score (nSPS) is 15.8. The van der Waals surface area contributed by atoms with Gasteiger partial charge in [0.1, 0.15) is 5.88 Å². The number of carbonyl (C=O) groups is 1. The number of nitrogens with zero attached hydrogens (tertiary/aromatic N) is 2. The van der Waals surface area contributed by atoms with Crippen molar-refractivity contribution in [3.8, 4) is 5.69 Å². The lowest BCUT2D eigenvalue weighted by Gasteiger charge is -2.39. The Balaban J connectivity index is 1.56. The van der Waals surface area contributed by atoms with Crippen LogP contribution in [0.3, 0.4) is 0 Å². The summed E-state index contributed by atoms with van der Waals surface area (Å²) >= 11 is 5.45. The number of likely N-dealkylation sites (tertiary alicyclic amines) is 1. The van der Waals surface area contributed by atoms with Crippen LogP contribution in [0.1, 0.15) is 11.1 Å². The number of halogens is 4. The van der Waals surface area contributed by atoms with E-state index in [1.807, 2.05) is 18.5 Å². The zero-order valence-corrected chi connectivity index (χ0v) is 14.0. The van der Waals surface area contributed by atoms with Crippen molar-refractivity contribution in [2.24, 2.45) is 0 Å². The fourth-order valence-corrected chi connectivity index (χ4v) is 2.91. The van der Waals surface area contributed by atoms with E-state index in [0.717, 1.165) is 37.3 Å². The predicted octanol–water partition coefficient (Wildman–Crippen LogP) is 3.04. The lowest BCUT2D eigenvalue weighted by molar-refractivity contribution is -0.137. The summed E-state index contributed by atoms with van der Waals surface area (Å²) in [6, 6.07) is 7.12. The molecule has 1 amide bonds. The number of nitrogens with one attached hydrogen (secondary N) is 1. The summed E-state index contributed by atoms with van der Waals surface area (Å²) in [5.41, 5.74) is 1.08. The third-order valence-electron chi connectivity index (χ3n) is 4.10. The lowest BCUT2D eigenvalue weighted by Crippen LogP contribution is -2.58. The number of hydrogen-bond acceptors (Lipinski definition) is 2. The molecule has 25 heavy (non-hydrogen) atoms. The maximum Gasteiger partial charge on any atom is 0.416 e. The number of benzene rings is 1. The Morgan fingerprint density at radius 2 is 1.88 bits per heavy atom. The third-order valence-corrected chi connectivity index (χ3v) is 4.34. The van der Waals surface area contributed by atoms with Gasteiger partial charge in [-0.1, -0.05) is 0 Å². The second-order valence-electron chi connectivity index (χ2n) is 6.06. The van der Waals surface area contributed by atoms with Gasteiger partial charge in [-0.25, -0.2) is 0 Å². The minimum Gasteiger partial charge on any atom is -0.350 e. The van der Waals surface area contributed by atoms with Crippen LogP contribution in [-0.2, 0) is 17.5 Å². The fraction of sp³-hybridized carbons (Fsp3) is 0.353. The second-order valence-corrected chi connectivity index (χ2v) is 6.33. The molecule has 1 aliphatic heterocycles. The molecule has 3 rings (SSSR count). The van der Waals surface area contributed by atoms with E-state index in [1.165, 1.54) is 12.1 Å². The van der Waals surface area contributed by atoms with Gasteiger partial charge in [-0.05, 0) is 35.9 Å². The quantitative estimate of drug-likeness (QED) is 0.820. The van der Waals surface area contributed by atoms with Crippen molar-refractivity contribution in [2.45, 2.75) is 18.8 Å². The van der Waals surface area contributed by atoms with Gasteiger partial charge >= 0.3 is 6.18 Å². The van der Waals surface area contributed by atoms with E-state index in [0.29, 0.717) is 5.69 Å². The first-order valence-corrected chi connectivity index (χ1v) is 8.31. The van der Waals surface area contributed by atoms with Crippen molar-refractivity contribution in [3.63, 3.8) is 0 Å². The van der Waals surface area contributed by atoms with Gasteiger partial charge in [0.15, 0.2) is 0 Å². The van der Waals surface area contributed by atoms with Crippen LogP contribution in [0, 0.1) is 0 Å². The molecule has 134 valence electrons. The van der Waals surface area contributed by atoms with Gasteiger partial charge in [0, 0.05) is 37.7 Å². The van der Waals surface area contributed by atoms with Crippen molar-refractivity contribution >= 4 is 17.5 Å². The van der Waals surface area contributed by atoms with Crippen LogP contribution in [0.4, 0.5) is 13.2 Å². The van der Waals surface area contributed by atoms with Crippen molar-refractivity contribution in [2.75, 3.05) is 19.0 Å². The fourth-order valence-electron chi connectivity index (χ4n) is 2.83. The first-order valence-electron chi connectivity index (χ1n) is 7.77. The first kappa shape index (κ1) is 17.8. The number of amides is 1. The van der Waals surface area contributed by atoms with Gasteiger partial charge < -0.3 is 9.88 Å². The summed E-state index contributed by atoms with van der Waals surface area (Å²) in [5, 5.41) is 2.82. The number of aromatic nitrogens is 1. The van der Waals surface area contributed by atoms with E-state index in [4.69, 9.17) is 11.6 Å². The molecular formula is C17H17ClF3N3O. The molecule has 0 spiro atoms. The lowest BCUT2D eigenvalue weighted by atomic mass is 10.1. The van der Waals surface area contributed by atoms with E-state index in [2.05, 4.69) is 10.2 Å². The summed E-state index contributed by atoms with van der Waals surface area (Å²) in [7, 11) is 0. The van der Waals surface area contributed by atoms with Crippen LogP contribution in [0.2, 0.25) is 0 Å². The Morgan fingerprint density at radius 3 is 2.48 bits per heavy atom. The summed E-state index contributed by atoms with van der Waals surface area (Å²) in [5.74, 6) is -0.202. The van der Waals surface area contributed by atoms with Crippen molar-refractivity contribution in [1.82, 2.24) is 14.8 Å². The Morgan fingerprint density at radius 1 is 1.20 bits per heavy atom. The molecule has 0 unspecified atom stereocenters. The Labute approximate surface area is 148 Å². The highest BCUT2D eigenvalue weighted by Crippen LogP contribution is 2.29. The van der Waals surface area contributed by atoms with E-state index in [9.17, 15) is 18.0 Å². The Bertz CT molecular complexity index is 736. The highest BCUT2D eigenvalue weighted by atomic mass is 35.5. The van der Waals surface area contributed by atoms with Crippen molar-refractivity contribution in [1.29, 1.82) is 0 Å². The summed E-state index contributed by atoms with van der Waals surface area (Å²) in [6.45, 7) is 2.24. The summed E-state index contributed by atoms with van der Waals surface area (Å²) in [6.07, 6.45) is -0.606. The molecule has 1 aromatic heterocycles. The highest BCUT2D eigenvalue weighted by molar-refractivity contribution is 6.27. The smallest absolute Gasteiger partial charge is 0.350 e. The zero-order chi connectivity index (χ0) is 18.0. The molecule has 2 aromatic rings. The number of rotatable bonds is 5. The standard InChI is InChI=1S/C17H17ClF3N3O/c18-7-16(25)22-14-10-23(11-14)8-12-5-6-24(9-12)15-3-1-13(2-4-15)17(19,20)21/h1-6,9,14H,7-8,10-11H2,(H,22,25). The maximum absolute atomic E-state index is 12.6. The minimum atomic E-state index is -4.33. The first-order chi connectivity index (χ1) is 11.8. The molecular weight excluding hydrogens is 355 g/mol. The minimum absolute atomic E-state index is 0.0352. The van der Waals surface area contributed by atoms with Crippen molar-refractivity contribution in [3.05, 3.63) is 53.9 Å². The predicted molar refractivity (Wildman–Crippen MR) is 88.7 cm³/mol. The molecule has 2 heterocycles. The van der Waals surface area contributed by atoms with Gasteiger partial charge in [-0.15, -0.1) is 11.6 Å². The van der Waals surface area contributed by atoms with E-state index >= 15 is 0 Å². The summed E-state index contributed by atoms with van der Waals surface area (Å²) in [4.78, 5) is 13.4. The molecule has 1 saturated heterocycles. The molecule has 0 atom stereocenters. The van der Waals surface area contributed by atoms with Crippen LogP contribution < -0.4 is 5.32 Å². The van der Waals surface area contributed by atoms with Gasteiger partial charge in [-0.2, -0.15) is 13.2 Å².